The lowest BCUT2D eigenvalue weighted by Gasteiger charge is -2.21. The van der Waals surface area contributed by atoms with Crippen molar-refractivity contribution >= 4 is 11.9 Å². The lowest BCUT2D eigenvalue weighted by molar-refractivity contribution is -0.130. The van der Waals surface area contributed by atoms with Gasteiger partial charge in [0.15, 0.2) is 5.96 Å². The van der Waals surface area contributed by atoms with E-state index in [1.807, 2.05) is 4.90 Å². The summed E-state index contributed by atoms with van der Waals surface area (Å²) in [6.45, 7) is 10.9. The average Bonchev–Trinajstić information content (AvgIpc) is 3.45. The molecule has 2 rings (SSSR count). The van der Waals surface area contributed by atoms with E-state index in [4.69, 9.17) is 0 Å². The molecule has 6 heteroatoms. The van der Waals surface area contributed by atoms with Crippen molar-refractivity contribution in [2.24, 2.45) is 4.99 Å². The topological polar surface area (TPSA) is 60.0 Å². The maximum absolute atomic E-state index is 12.0. The fraction of sp³-hybridized carbons (Fsp3) is 0.895. The molecule has 1 aliphatic carbocycles. The summed E-state index contributed by atoms with van der Waals surface area (Å²) in [6.07, 6.45) is 7.76. The third-order valence-electron chi connectivity index (χ3n) is 5.03. The van der Waals surface area contributed by atoms with Gasteiger partial charge in [-0.3, -0.25) is 14.7 Å². The molecule has 6 nitrogen and oxygen atoms in total. The van der Waals surface area contributed by atoms with Gasteiger partial charge in [0.25, 0.3) is 0 Å². The highest BCUT2D eigenvalue weighted by molar-refractivity contribution is 5.79. The standard InChI is InChI=1S/C19H37N5O/c1-3-20-19(22-13-16-23(4-2)17-10-11-17)21-12-8-15-24-14-7-5-6-9-18(24)25/h17H,3-16H2,1-2H3,(H2,20,21,22). The fourth-order valence-electron chi connectivity index (χ4n) is 3.43. The summed E-state index contributed by atoms with van der Waals surface area (Å²) >= 11 is 0. The minimum Gasteiger partial charge on any atom is -0.357 e. The quantitative estimate of drug-likeness (QED) is 0.358. The lowest BCUT2D eigenvalue weighted by atomic mass is 10.2. The number of carbonyl (C=O) groups excluding carboxylic acids is 1. The van der Waals surface area contributed by atoms with Gasteiger partial charge in [-0.15, -0.1) is 0 Å². The van der Waals surface area contributed by atoms with Crippen LogP contribution in [-0.2, 0) is 4.79 Å². The number of amides is 1. The van der Waals surface area contributed by atoms with Crippen LogP contribution in [0.25, 0.3) is 0 Å². The van der Waals surface area contributed by atoms with Gasteiger partial charge >= 0.3 is 0 Å². The molecular formula is C19H37N5O. The molecule has 2 N–H and O–H groups in total. The molecule has 0 spiro atoms. The average molecular weight is 352 g/mol. The monoisotopic (exact) mass is 351 g/mol. The highest BCUT2D eigenvalue weighted by Crippen LogP contribution is 2.25. The Labute approximate surface area is 153 Å². The number of hydrogen-bond acceptors (Lipinski definition) is 3. The van der Waals surface area contributed by atoms with Crippen LogP contribution in [0, 0.1) is 0 Å². The summed E-state index contributed by atoms with van der Waals surface area (Å²) in [6, 6.07) is 0.817. The minimum absolute atomic E-state index is 0.325. The number of nitrogens with one attached hydrogen (secondary N) is 2. The van der Waals surface area contributed by atoms with E-state index in [9.17, 15) is 4.79 Å². The van der Waals surface area contributed by atoms with Crippen LogP contribution >= 0.6 is 0 Å². The number of carbonyl (C=O) groups is 1. The summed E-state index contributed by atoms with van der Waals surface area (Å²) in [7, 11) is 0. The van der Waals surface area contributed by atoms with Gasteiger partial charge in [-0.05, 0) is 45.6 Å². The van der Waals surface area contributed by atoms with E-state index in [1.165, 1.54) is 19.3 Å². The molecule has 1 saturated heterocycles. The number of likely N-dealkylation sites (tertiary alicyclic amines) is 1. The number of aliphatic imine (C=N–C) groups is 1. The molecule has 25 heavy (non-hydrogen) atoms. The van der Waals surface area contributed by atoms with Crippen molar-refractivity contribution in [3.05, 3.63) is 0 Å². The van der Waals surface area contributed by atoms with E-state index >= 15 is 0 Å². The van der Waals surface area contributed by atoms with Gasteiger partial charge in [-0.2, -0.15) is 0 Å². The molecule has 2 fully saturated rings. The SMILES string of the molecule is CCNC(=NCCCN1CCCCCC1=O)NCCN(CC)C1CC1. The van der Waals surface area contributed by atoms with Crippen LogP contribution < -0.4 is 10.6 Å². The zero-order chi connectivity index (χ0) is 17.9. The van der Waals surface area contributed by atoms with Crippen molar-refractivity contribution in [3.8, 4) is 0 Å². The van der Waals surface area contributed by atoms with Crippen LogP contribution in [0.3, 0.4) is 0 Å². The molecule has 0 aromatic rings. The van der Waals surface area contributed by atoms with Crippen LogP contribution in [0.5, 0.6) is 0 Å². The highest BCUT2D eigenvalue weighted by atomic mass is 16.2. The lowest BCUT2D eigenvalue weighted by Crippen LogP contribution is -2.42. The van der Waals surface area contributed by atoms with Crippen molar-refractivity contribution in [1.29, 1.82) is 0 Å². The first kappa shape index (κ1) is 20.0. The number of likely N-dealkylation sites (N-methyl/N-ethyl adjacent to an activating group) is 1. The predicted molar refractivity (Wildman–Crippen MR) is 104 cm³/mol. The Kier molecular flexibility index (Phi) is 9.08. The van der Waals surface area contributed by atoms with Gasteiger partial charge in [-0.25, -0.2) is 0 Å². The summed E-state index contributed by atoms with van der Waals surface area (Å²) in [4.78, 5) is 21.2. The maximum Gasteiger partial charge on any atom is 0.222 e. The van der Waals surface area contributed by atoms with E-state index < -0.39 is 0 Å². The Balaban J connectivity index is 1.66. The summed E-state index contributed by atoms with van der Waals surface area (Å²) in [5, 5.41) is 6.76. The molecule has 144 valence electrons. The Bertz CT molecular complexity index is 422. The highest BCUT2D eigenvalue weighted by Gasteiger charge is 2.27. The molecule has 2 aliphatic rings. The molecule has 1 heterocycles. The Morgan fingerprint density at radius 2 is 2.08 bits per heavy atom. The molecule has 0 radical (unpaired) electrons. The Morgan fingerprint density at radius 3 is 2.80 bits per heavy atom. The molecule has 1 aliphatic heterocycles. The maximum atomic E-state index is 12.0. The number of nitrogens with zero attached hydrogens (tertiary/aromatic N) is 3. The van der Waals surface area contributed by atoms with Crippen LogP contribution in [-0.4, -0.2) is 73.5 Å². The summed E-state index contributed by atoms with van der Waals surface area (Å²) in [5.41, 5.74) is 0. The fourth-order valence-corrected chi connectivity index (χ4v) is 3.43. The van der Waals surface area contributed by atoms with Crippen molar-refractivity contribution in [3.63, 3.8) is 0 Å². The van der Waals surface area contributed by atoms with Crippen molar-refractivity contribution in [2.45, 2.75) is 64.8 Å². The second kappa shape index (κ2) is 11.3. The van der Waals surface area contributed by atoms with Crippen molar-refractivity contribution in [2.75, 3.05) is 45.8 Å². The summed E-state index contributed by atoms with van der Waals surface area (Å²) < 4.78 is 0. The van der Waals surface area contributed by atoms with E-state index in [2.05, 4.69) is 34.4 Å². The van der Waals surface area contributed by atoms with Crippen LogP contribution in [0.1, 0.15) is 58.8 Å². The van der Waals surface area contributed by atoms with E-state index in [1.54, 1.807) is 0 Å². The predicted octanol–water partition coefficient (Wildman–Crippen LogP) is 1.82. The third kappa shape index (κ3) is 7.63. The second-order valence-electron chi connectivity index (χ2n) is 7.09. The normalized spacial score (nSPS) is 19.2. The largest absolute Gasteiger partial charge is 0.357 e. The summed E-state index contributed by atoms with van der Waals surface area (Å²) in [5.74, 6) is 1.22. The minimum atomic E-state index is 0.325. The first-order chi connectivity index (χ1) is 12.2. The van der Waals surface area contributed by atoms with Gasteiger partial charge < -0.3 is 15.5 Å². The molecule has 0 bridgehead atoms. The smallest absolute Gasteiger partial charge is 0.222 e. The number of rotatable bonds is 10. The van der Waals surface area contributed by atoms with Gasteiger partial charge in [0.1, 0.15) is 0 Å². The van der Waals surface area contributed by atoms with E-state index in [0.29, 0.717) is 5.91 Å². The Morgan fingerprint density at radius 1 is 1.24 bits per heavy atom. The van der Waals surface area contributed by atoms with Crippen LogP contribution in [0.4, 0.5) is 0 Å². The molecule has 1 saturated carbocycles. The molecule has 0 aromatic carbocycles. The zero-order valence-electron chi connectivity index (χ0n) is 16.2. The van der Waals surface area contributed by atoms with Gasteiger partial charge in [0.05, 0.1) is 0 Å². The molecule has 0 atom stereocenters. The molecule has 1 amide bonds. The van der Waals surface area contributed by atoms with Gasteiger partial charge in [0, 0.05) is 51.7 Å². The zero-order valence-corrected chi connectivity index (χ0v) is 16.2. The van der Waals surface area contributed by atoms with Crippen molar-refractivity contribution in [1.82, 2.24) is 20.4 Å². The Hall–Kier alpha value is -1.30. The molecule has 0 unspecified atom stereocenters. The van der Waals surface area contributed by atoms with Crippen molar-refractivity contribution < 1.29 is 4.79 Å². The first-order valence-electron chi connectivity index (χ1n) is 10.3. The van der Waals surface area contributed by atoms with Gasteiger partial charge in [-0.1, -0.05) is 13.3 Å². The van der Waals surface area contributed by atoms with E-state index in [-0.39, 0.29) is 0 Å². The van der Waals surface area contributed by atoms with Crippen LogP contribution in [0.15, 0.2) is 4.99 Å². The molecule has 0 aromatic heterocycles. The van der Waals surface area contributed by atoms with Crippen LogP contribution in [0.2, 0.25) is 0 Å². The van der Waals surface area contributed by atoms with Gasteiger partial charge in [0.2, 0.25) is 5.91 Å². The first-order valence-corrected chi connectivity index (χ1v) is 10.3. The third-order valence-corrected chi connectivity index (χ3v) is 5.03. The van der Waals surface area contributed by atoms with E-state index in [0.717, 1.165) is 83.5 Å². The molecular weight excluding hydrogens is 314 g/mol. The number of guanidine groups is 1. The second-order valence-corrected chi connectivity index (χ2v) is 7.09. The number of hydrogen-bond donors (Lipinski definition) is 2.